The van der Waals surface area contributed by atoms with E-state index in [1.807, 2.05) is 47.8 Å². The maximum Gasteiger partial charge on any atom is 0.257 e. The van der Waals surface area contributed by atoms with Gasteiger partial charge in [0.05, 0.1) is 27.2 Å². The van der Waals surface area contributed by atoms with Crippen molar-refractivity contribution in [2.75, 3.05) is 5.32 Å². The molecular weight excluding hydrogens is 422 g/mol. The SMILES string of the molecule is N#Cc1c(NC(=O)c2cc(-c3cccs3)nc3ccccc23)sc2c1CCCCCC2. The summed E-state index contributed by atoms with van der Waals surface area (Å²) in [6.07, 6.45) is 6.60. The summed E-state index contributed by atoms with van der Waals surface area (Å²) in [6.45, 7) is 0. The zero-order chi connectivity index (χ0) is 21.2. The molecule has 4 nitrogen and oxygen atoms in total. The number of nitrogens with one attached hydrogen (secondary N) is 1. The Morgan fingerprint density at radius 3 is 2.71 bits per heavy atom. The summed E-state index contributed by atoms with van der Waals surface area (Å²) in [5, 5.41) is 16.4. The van der Waals surface area contributed by atoms with Crippen LogP contribution in [-0.4, -0.2) is 10.9 Å². The number of pyridine rings is 1. The molecule has 5 rings (SSSR count). The fraction of sp³-hybridized carbons (Fsp3) is 0.240. The molecule has 6 heteroatoms. The van der Waals surface area contributed by atoms with Crippen LogP contribution in [0.2, 0.25) is 0 Å². The molecule has 0 radical (unpaired) electrons. The van der Waals surface area contributed by atoms with E-state index < -0.39 is 0 Å². The third-order valence-corrected chi connectivity index (χ3v) is 7.84. The molecule has 0 aliphatic heterocycles. The van der Waals surface area contributed by atoms with Crippen molar-refractivity contribution in [1.29, 1.82) is 5.26 Å². The zero-order valence-corrected chi connectivity index (χ0v) is 18.6. The Hall–Kier alpha value is -3.01. The van der Waals surface area contributed by atoms with Crippen molar-refractivity contribution in [3.8, 4) is 16.6 Å². The maximum absolute atomic E-state index is 13.4. The van der Waals surface area contributed by atoms with Crippen molar-refractivity contribution < 1.29 is 4.79 Å². The predicted molar refractivity (Wildman–Crippen MR) is 128 cm³/mol. The number of amides is 1. The third kappa shape index (κ3) is 3.87. The second kappa shape index (κ2) is 8.62. The second-order valence-corrected chi connectivity index (χ2v) is 9.79. The number of para-hydroxylation sites is 1. The predicted octanol–water partition coefficient (Wildman–Crippen LogP) is 6.81. The van der Waals surface area contributed by atoms with E-state index in [1.165, 1.54) is 17.7 Å². The lowest BCUT2D eigenvalue weighted by Gasteiger charge is -2.10. The van der Waals surface area contributed by atoms with Crippen molar-refractivity contribution >= 4 is 44.5 Å². The highest BCUT2D eigenvalue weighted by Gasteiger charge is 2.22. The number of nitriles is 1. The van der Waals surface area contributed by atoms with Gasteiger partial charge in [-0.2, -0.15) is 5.26 Å². The van der Waals surface area contributed by atoms with Gasteiger partial charge in [0.2, 0.25) is 0 Å². The Balaban J connectivity index is 1.56. The first-order chi connectivity index (χ1) is 15.2. The van der Waals surface area contributed by atoms with Gasteiger partial charge in [0.1, 0.15) is 11.1 Å². The minimum absolute atomic E-state index is 0.192. The van der Waals surface area contributed by atoms with E-state index in [1.54, 1.807) is 22.7 Å². The number of hydrogen-bond donors (Lipinski definition) is 1. The van der Waals surface area contributed by atoms with E-state index in [0.29, 0.717) is 16.1 Å². The molecule has 0 unspecified atom stereocenters. The number of rotatable bonds is 3. The molecule has 154 valence electrons. The Bertz CT molecular complexity index is 1300. The molecule has 1 aliphatic carbocycles. The van der Waals surface area contributed by atoms with E-state index in [2.05, 4.69) is 11.4 Å². The monoisotopic (exact) mass is 443 g/mol. The van der Waals surface area contributed by atoms with Crippen molar-refractivity contribution in [2.45, 2.75) is 38.5 Å². The zero-order valence-electron chi connectivity index (χ0n) is 17.0. The van der Waals surface area contributed by atoms with Crippen LogP contribution in [0.5, 0.6) is 0 Å². The molecule has 3 heterocycles. The Labute approximate surface area is 189 Å². The van der Waals surface area contributed by atoms with E-state index >= 15 is 0 Å². The lowest BCUT2D eigenvalue weighted by atomic mass is 9.97. The third-order valence-electron chi connectivity index (χ3n) is 5.74. The largest absolute Gasteiger partial charge is 0.312 e. The number of anilines is 1. The van der Waals surface area contributed by atoms with Crippen molar-refractivity contribution in [3.63, 3.8) is 0 Å². The fourth-order valence-corrected chi connectivity index (χ4v) is 6.13. The second-order valence-electron chi connectivity index (χ2n) is 7.74. The summed E-state index contributed by atoms with van der Waals surface area (Å²) in [4.78, 5) is 20.5. The summed E-state index contributed by atoms with van der Waals surface area (Å²) in [5.41, 5.74) is 3.95. The van der Waals surface area contributed by atoms with Gasteiger partial charge < -0.3 is 5.32 Å². The van der Waals surface area contributed by atoms with Crippen molar-refractivity contribution in [1.82, 2.24) is 4.98 Å². The molecule has 1 aliphatic rings. The van der Waals surface area contributed by atoms with Gasteiger partial charge >= 0.3 is 0 Å². The van der Waals surface area contributed by atoms with Gasteiger partial charge in [-0.15, -0.1) is 22.7 Å². The Morgan fingerprint density at radius 2 is 1.90 bits per heavy atom. The minimum Gasteiger partial charge on any atom is -0.312 e. The van der Waals surface area contributed by atoms with Crippen molar-refractivity contribution in [2.24, 2.45) is 0 Å². The molecule has 3 aromatic heterocycles. The van der Waals surface area contributed by atoms with Gasteiger partial charge in [0.25, 0.3) is 5.91 Å². The topological polar surface area (TPSA) is 65.8 Å². The number of thiophene rings is 2. The Kier molecular flexibility index (Phi) is 5.54. The highest BCUT2D eigenvalue weighted by molar-refractivity contribution is 7.16. The molecule has 0 bridgehead atoms. The molecular formula is C25H21N3OS2. The van der Waals surface area contributed by atoms with Crippen LogP contribution in [0.4, 0.5) is 5.00 Å². The molecule has 31 heavy (non-hydrogen) atoms. The molecule has 1 aromatic carbocycles. The summed E-state index contributed by atoms with van der Waals surface area (Å²) >= 11 is 3.17. The van der Waals surface area contributed by atoms with Gasteiger partial charge in [0.15, 0.2) is 0 Å². The normalized spacial score (nSPS) is 13.8. The first kappa shape index (κ1) is 19.9. The van der Waals surface area contributed by atoms with E-state index in [0.717, 1.165) is 52.7 Å². The van der Waals surface area contributed by atoms with Crippen LogP contribution in [0.15, 0.2) is 47.8 Å². The number of carbonyl (C=O) groups excluding carboxylic acids is 1. The van der Waals surface area contributed by atoms with Crippen LogP contribution in [0.1, 0.15) is 52.0 Å². The van der Waals surface area contributed by atoms with Gasteiger partial charge in [0, 0.05) is 10.3 Å². The molecule has 1 N–H and O–H groups in total. The summed E-state index contributed by atoms with van der Waals surface area (Å²) in [6, 6.07) is 15.9. The first-order valence-electron chi connectivity index (χ1n) is 10.5. The first-order valence-corrected chi connectivity index (χ1v) is 12.2. The van der Waals surface area contributed by atoms with E-state index in [-0.39, 0.29) is 5.91 Å². The average Bonchev–Trinajstić information content (AvgIpc) is 3.41. The highest BCUT2D eigenvalue weighted by Crippen LogP contribution is 2.37. The van der Waals surface area contributed by atoms with Gasteiger partial charge in [-0.1, -0.05) is 37.1 Å². The van der Waals surface area contributed by atoms with Crippen LogP contribution >= 0.6 is 22.7 Å². The van der Waals surface area contributed by atoms with Crippen LogP contribution in [-0.2, 0) is 12.8 Å². The minimum atomic E-state index is -0.192. The average molecular weight is 444 g/mol. The number of carbonyl (C=O) groups is 1. The molecule has 4 aromatic rings. The lowest BCUT2D eigenvalue weighted by Crippen LogP contribution is -2.13. The molecule has 0 saturated heterocycles. The number of fused-ring (bicyclic) bond motifs is 2. The van der Waals surface area contributed by atoms with E-state index in [4.69, 9.17) is 4.98 Å². The summed E-state index contributed by atoms with van der Waals surface area (Å²) < 4.78 is 0. The molecule has 0 saturated carbocycles. The standard InChI is InChI=1S/C25H21N3OS2/c26-15-19-17-9-3-1-2-4-11-22(17)31-25(19)28-24(29)18-14-21(23-12-7-13-30-23)27-20-10-6-5-8-16(18)20/h5-8,10,12-14H,1-4,9,11H2,(H,28,29). The summed E-state index contributed by atoms with van der Waals surface area (Å²) in [7, 11) is 0. The summed E-state index contributed by atoms with van der Waals surface area (Å²) in [5.74, 6) is -0.192. The number of nitrogens with zero attached hydrogens (tertiary/aromatic N) is 2. The van der Waals surface area contributed by atoms with E-state index in [9.17, 15) is 10.1 Å². The lowest BCUT2D eigenvalue weighted by molar-refractivity contribution is 0.102. The van der Waals surface area contributed by atoms with Gasteiger partial charge in [-0.3, -0.25) is 4.79 Å². The van der Waals surface area contributed by atoms with Crippen LogP contribution in [0, 0.1) is 11.3 Å². The molecule has 1 amide bonds. The Morgan fingerprint density at radius 1 is 1.06 bits per heavy atom. The number of benzene rings is 1. The number of aromatic nitrogens is 1. The number of aryl methyl sites for hydroxylation is 1. The number of hydrogen-bond acceptors (Lipinski definition) is 5. The molecule has 0 spiro atoms. The van der Waals surface area contributed by atoms with Crippen LogP contribution in [0.3, 0.4) is 0 Å². The quantitative estimate of drug-likeness (QED) is 0.378. The molecule has 0 atom stereocenters. The fourth-order valence-electron chi connectivity index (χ4n) is 4.21. The van der Waals surface area contributed by atoms with Crippen LogP contribution in [0.25, 0.3) is 21.5 Å². The molecule has 0 fully saturated rings. The highest BCUT2D eigenvalue weighted by atomic mass is 32.1. The van der Waals surface area contributed by atoms with Crippen molar-refractivity contribution in [3.05, 3.63) is 69.4 Å². The maximum atomic E-state index is 13.4. The van der Waals surface area contributed by atoms with Gasteiger partial charge in [-0.05, 0) is 54.8 Å². The smallest absolute Gasteiger partial charge is 0.257 e. The van der Waals surface area contributed by atoms with Crippen LogP contribution < -0.4 is 5.32 Å². The van der Waals surface area contributed by atoms with Gasteiger partial charge in [-0.25, -0.2) is 4.98 Å².